The summed E-state index contributed by atoms with van der Waals surface area (Å²) in [5.41, 5.74) is 2.87. The summed E-state index contributed by atoms with van der Waals surface area (Å²) in [6, 6.07) is 6.11. The van der Waals surface area contributed by atoms with Gasteiger partial charge < -0.3 is 20.1 Å². The van der Waals surface area contributed by atoms with Crippen molar-refractivity contribution in [2.24, 2.45) is 0 Å². The van der Waals surface area contributed by atoms with E-state index in [0.717, 1.165) is 5.56 Å². The van der Waals surface area contributed by atoms with Gasteiger partial charge in [-0.05, 0) is 31.2 Å². The zero-order valence-electron chi connectivity index (χ0n) is 15.8. The summed E-state index contributed by atoms with van der Waals surface area (Å²) >= 11 is 0. The lowest BCUT2D eigenvalue weighted by Gasteiger charge is -2.24. The molecule has 2 bridgehead atoms. The van der Waals surface area contributed by atoms with Crippen molar-refractivity contribution in [3.8, 4) is 5.75 Å². The van der Waals surface area contributed by atoms with Gasteiger partial charge >= 0.3 is 0 Å². The van der Waals surface area contributed by atoms with Crippen LogP contribution in [0.15, 0.2) is 43.2 Å². The predicted octanol–water partition coefficient (Wildman–Crippen LogP) is 3.01. The van der Waals surface area contributed by atoms with Crippen LogP contribution in [0.4, 0.5) is 10.2 Å². The second kappa shape index (κ2) is 7.47. The van der Waals surface area contributed by atoms with Gasteiger partial charge in [0.1, 0.15) is 23.5 Å². The Balaban J connectivity index is 1.80. The third-order valence-corrected chi connectivity index (χ3v) is 4.69. The molecule has 0 fully saturated rings. The number of fused-ring (bicyclic) bond motifs is 2. The van der Waals surface area contributed by atoms with Crippen LogP contribution in [0.5, 0.6) is 5.75 Å². The molecule has 0 aliphatic carbocycles. The van der Waals surface area contributed by atoms with E-state index >= 15 is 0 Å². The number of nitrogens with zero attached hydrogens (tertiary/aromatic N) is 3. The summed E-state index contributed by atoms with van der Waals surface area (Å²) in [6.45, 7) is 6.88. The van der Waals surface area contributed by atoms with Crippen LogP contribution >= 0.6 is 0 Å². The van der Waals surface area contributed by atoms with E-state index in [9.17, 15) is 4.39 Å². The lowest BCUT2D eigenvalue weighted by Crippen LogP contribution is -2.34. The van der Waals surface area contributed by atoms with Crippen molar-refractivity contribution >= 4 is 17.2 Å². The van der Waals surface area contributed by atoms with Gasteiger partial charge in [-0.2, -0.15) is 5.10 Å². The molecule has 0 saturated carbocycles. The van der Waals surface area contributed by atoms with Gasteiger partial charge in [-0.3, -0.25) is 0 Å². The Morgan fingerprint density at radius 3 is 3.07 bits per heavy atom. The Morgan fingerprint density at radius 1 is 1.39 bits per heavy atom. The predicted molar refractivity (Wildman–Crippen MR) is 105 cm³/mol. The highest BCUT2D eigenvalue weighted by Crippen LogP contribution is 2.30. The number of hydrogen-bond acceptors (Lipinski definition) is 6. The molecule has 0 amide bonds. The molecule has 1 aliphatic heterocycles. The maximum absolute atomic E-state index is 13.9. The van der Waals surface area contributed by atoms with Crippen LogP contribution in [-0.2, 0) is 4.74 Å². The van der Waals surface area contributed by atoms with Gasteiger partial charge in [0.15, 0.2) is 5.65 Å². The summed E-state index contributed by atoms with van der Waals surface area (Å²) < 4.78 is 27.1. The number of methoxy groups -OCH3 is 1. The Kier molecular flexibility index (Phi) is 4.87. The monoisotopic (exact) mass is 383 g/mol. The zero-order valence-corrected chi connectivity index (χ0v) is 15.8. The summed E-state index contributed by atoms with van der Waals surface area (Å²) in [5.74, 6) is 0.924. The highest BCUT2D eigenvalue weighted by Gasteiger charge is 2.20. The molecule has 2 aromatic heterocycles. The summed E-state index contributed by atoms with van der Waals surface area (Å²) in [6.07, 6.45) is 3.26. The number of halogens is 1. The molecule has 146 valence electrons. The molecule has 1 aliphatic rings. The van der Waals surface area contributed by atoms with Gasteiger partial charge in [-0.1, -0.05) is 6.58 Å². The maximum Gasteiger partial charge on any atom is 0.166 e. The quantitative estimate of drug-likeness (QED) is 0.709. The highest BCUT2D eigenvalue weighted by molar-refractivity contribution is 5.73. The number of anilines is 1. The summed E-state index contributed by atoms with van der Waals surface area (Å²) in [4.78, 5) is 4.66. The second-order valence-electron chi connectivity index (χ2n) is 6.74. The topological polar surface area (TPSA) is 72.7 Å². The minimum atomic E-state index is -0.323. The van der Waals surface area contributed by atoms with Gasteiger partial charge in [0.05, 0.1) is 31.0 Å². The van der Waals surface area contributed by atoms with Crippen LogP contribution in [0.3, 0.4) is 0 Å². The van der Waals surface area contributed by atoms with Crippen LogP contribution in [-0.4, -0.2) is 41.0 Å². The minimum absolute atomic E-state index is 0.230. The first-order valence-corrected chi connectivity index (χ1v) is 9.04. The molecule has 0 spiro atoms. The van der Waals surface area contributed by atoms with Crippen molar-refractivity contribution in [3.05, 3.63) is 60.2 Å². The zero-order chi connectivity index (χ0) is 19.7. The lowest BCUT2D eigenvalue weighted by atomic mass is 10.1. The Hall–Kier alpha value is -3.13. The number of aromatic nitrogens is 3. The summed E-state index contributed by atoms with van der Waals surface area (Å²) in [5, 5.41) is 10.9. The van der Waals surface area contributed by atoms with E-state index < -0.39 is 0 Å². The lowest BCUT2D eigenvalue weighted by molar-refractivity contribution is 0.0822. The van der Waals surface area contributed by atoms with E-state index in [0.29, 0.717) is 41.6 Å². The third-order valence-electron chi connectivity index (χ3n) is 4.69. The third kappa shape index (κ3) is 3.50. The molecule has 0 radical (unpaired) electrons. The standard InChI is InChI=1S/C20H22FN5O2/c1-12-17-10-23-26-7-6-19(25-20(17)26)24-13(2)16-8-14(21)4-5-18(16)28-15(9-22-12)11-27-3/h4-8,10,13,15,22H,1,9,11H2,2-3H3,(H,24,25)/t13-,15+/m1/s1. The number of hydrogen-bond donors (Lipinski definition) is 2. The molecule has 2 N–H and O–H groups in total. The number of nitrogens with one attached hydrogen (secondary N) is 2. The fourth-order valence-electron chi connectivity index (χ4n) is 3.26. The first kappa shape index (κ1) is 18.2. The van der Waals surface area contributed by atoms with E-state index in [2.05, 4.69) is 27.3 Å². The average molecular weight is 383 g/mol. The Bertz CT molecular complexity index is 1020. The molecule has 4 rings (SSSR count). The van der Waals surface area contributed by atoms with Crippen LogP contribution < -0.4 is 15.4 Å². The van der Waals surface area contributed by atoms with E-state index in [1.165, 1.54) is 12.1 Å². The second-order valence-corrected chi connectivity index (χ2v) is 6.74. The molecule has 2 atom stereocenters. The van der Waals surface area contributed by atoms with Crippen LogP contribution in [0.25, 0.3) is 11.3 Å². The number of rotatable bonds is 2. The average Bonchev–Trinajstić information content (AvgIpc) is 3.10. The van der Waals surface area contributed by atoms with Crippen LogP contribution in [0, 0.1) is 5.82 Å². The van der Waals surface area contributed by atoms with E-state index in [1.54, 1.807) is 23.9 Å². The van der Waals surface area contributed by atoms with Crippen molar-refractivity contribution in [2.45, 2.75) is 19.1 Å². The molecular weight excluding hydrogens is 361 g/mol. The van der Waals surface area contributed by atoms with E-state index in [-0.39, 0.29) is 18.0 Å². The molecule has 7 nitrogen and oxygen atoms in total. The van der Waals surface area contributed by atoms with Crippen LogP contribution in [0.2, 0.25) is 0 Å². The molecule has 0 saturated heterocycles. The Labute approximate surface area is 162 Å². The van der Waals surface area contributed by atoms with Crippen LogP contribution in [0.1, 0.15) is 24.1 Å². The minimum Gasteiger partial charge on any atom is -0.486 e. The highest BCUT2D eigenvalue weighted by atomic mass is 19.1. The van der Waals surface area contributed by atoms with Gasteiger partial charge in [-0.15, -0.1) is 0 Å². The maximum atomic E-state index is 13.9. The van der Waals surface area contributed by atoms with Crippen molar-refractivity contribution in [1.82, 2.24) is 19.9 Å². The molecule has 8 heteroatoms. The number of benzene rings is 1. The summed E-state index contributed by atoms with van der Waals surface area (Å²) in [7, 11) is 1.62. The Morgan fingerprint density at radius 2 is 2.25 bits per heavy atom. The molecular formula is C20H22FN5O2. The fraction of sp³-hybridized carbons (Fsp3) is 0.300. The normalized spacial score (nSPS) is 19.6. The SMILES string of the molecule is C=C1NC[C@@H](COC)Oc2ccc(F)cc2[C@@H](C)Nc2ccn3ncc1c3n2. The molecule has 0 unspecified atom stereocenters. The first-order valence-electron chi connectivity index (χ1n) is 9.04. The van der Waals surface area contributed by atoms with Gasteiger partial charge in [0.2, 0.25) is 0 Å². The van der Waals surface area contributed by atoms with Crippen molar-refractivity contribution in [3.63, 3.8) is 0 Å². The first-order chi connectivity index (χ1) is 13.5. The van der Waals surface area contributed by atoms with Gasteiger partial charge in [0, 0.05) is 24.6 Å². The van der Waals surface area contributed by atoms with Crippen molar-refractivity contribution in [1.29, 1.82) is 0 Å². The molecule has 28 heavy (non-hydrogen) atoms. The van der Waals surface area contributed by atoms with Gasteiger partial charge in [0.25, 0.3) is 0 Å². The van der Waals surface area contributed by atoms with Crippen molar-refractivity contribution < 1.29 is 13.9 Å². The number of ether oxygens (including phenoxy) is 2. The molecule has 3 aromatic rings. The van der Waals surface area contributed by atoms with Crippen molar-refractivity contribution in [2.75, 3.05) is 25.6 Å². The largest absolute Gasteiger partial charge is 0.486 e. The van der Waals surface area contributed by atoms with Gasteiger partial charge in [-0.25, -0.2) is 13.9 Å². The fourth-order valence-corrected chi connectivity index (χ4v) is 3.26. The smallest absolute Gasteiger partial charge is 0.166 e. The van der Waals surface area contributed by atoms with E-state index in [1.807, 2.05) is 19.2 Å². The van der Waals surface area contributed by atoms with E-state index in [4.69, 9.17) is 9.47 Å². The molecule has 3 heterocycles. The molecule has 1 aromatic carbocycles.